The fraction of sp³-hybridized carbons (Fsp3) is 0.111. The average Bonchev–Trinajstić information content (AvgIpc) is 3.13. The van der Waals surface area contributed by atoms with E-state index in [1.807, 2.05) is 43.3 Å². The van der Waals surface area contributed by atoms with E-state index in [2.05, 4.69) is 10.3 Å². The van der Waals surface area contributed by atoms with E-state index < -0.39 is 16.7 Å². The highest BCUT2D eigenvalue weighted by Gasteiger charge is 2.19. The highest BCUT2D eigenvalue weighted by molar-refractivity contribution is 5.92. The van der Waals surface area contributed by atoms with Gasteiger partial charge in [0.2, 0.25) is 0 Å². The second-order valence-electron chi connectivity index (χ2n) is 5.45. The first-order valence-electron chi connectivity index (χ1n) is 7.60. The third-order valence-electron chi connectivity index (χ3n) is 3.75. The van der Waals surface area contributed by atoms with Crippen LogP contribution in [0.5, 0.6) is 0 Å². The normalized spacial score (nSPS) is 11.7. The number of carbonyl (C=O) groups is 1. The zero-order chi connectivity index (χ0) is 17.8. The summed E-state index contributed by atoms with van der Waals surface area (Å²) in [5.74, 6) is -1.05. The maximum Gasteiger partial charge on any atom is 0.433 e. The molecule has 3 aromatic rings. The lowest BCUT2D eigenvalue weighted by molar-refractivity contribution is -0.402. The van der Waals surface area contributed by atoms with Gasteiger partial charge in [-0.2, -0.15) is 0 Å². The maximum absolute atomic E-state index is 12.1. The Kier molecular flexibility index (Phi) is 4.56. The SMILES string of the molecule is CC(NC(=O)c1ccc([N+](=O)[O-])o1)c1ccc(-c2cccnc2)cc1. The number of amides is 1. The monoisotopic (exact) mass is 337 g/mol. The van der Waals surface area contributed by atoms with Gasteiger partial charge in [0.1, 0.15) is 4.92 Å². The van der Waals surface area contributed by atoms with E-state index >= 15 is 0 Å². The second kappa shape index (κ2) is 6.96. The van der Waals surface area contributed by atoms with Crippen LogP contribution in [0.3, 0.4) is 0 Å². The molecule has 0 aliphatic carbocycles. The average molecular weight is 337 g/mol. The second-order valence-corrected chi connectivity index (χ2v) is 5.45. The van der Waals surface area contributed by atoms with Crippen LogP contribution in [0.2, 0.25) is 0 Å². The van der Waals surface area contributed by atoms with Crippen molar-refractivity contribution in [3.8, 4) is 11.1 Å². The standard InChI is InChI=1S/C18H15N3O4/c1-12(20-18(22)16-8-9-17(25-16)21(23)24)13-4-6-14(7-5-13)15-3-2-10-19-11-15/h2-12H,1H3,(H,20,22). The largest absolute Gasteiger partial charge is 0.433 e. The lowest BCUT2D eigenvalue weighted by Crippen LogP contribution is -2.26. The Labute approximate surface area is 143 Å². The summed E-state index contributed by atoms with van der Waals surface area (Å²) in [5.41, 5.74) is 2.94. The Balaban J connectivity index is 1.69. The number of nitro groups is 1. The zero-order valence-corrected chi connectivity index (χ0v) is 13.4. The Hall–Kier alpha value is -3.48. The molecule has 1 N–H and O–H groups in total. The van der Waals surface area contributed by atoms with Gasteiger partial charge in [0.05, 0.1) is 12.1 Å². The molecule has 25 heavy (non-hydrogen) atoms. The number of aromatic nitrogens is 1. The smallest absolute Gasteiger partial charge is 0.395 e. The maximum atomic E-state index is 12.1. The van der Waals surface area contributed by atoms with Crippen LogP contribution >= 0.6 is 0 Å². The molecule has 2 aromatic heterocycles. The minimum atomic E-state index is -0.683. The van der Waals surface area contributed by atoms with Crippen LogP contribution in [0, 0.1) is 10.1 Å². The molecule has 7 heteroatoms. The third kappa shape index (κ3) is 3.72. The lowest BCUT2D eigenvalue weighted by atomic mass is 10.0. The van der Waals surface area contributed by atoms with E-state index in [9.17, 15) is 14.9 Å². The van der Waals surface area contributed by atoms with Gasteiger partial charge < -0.3 is 9.73 Å². The first-order valence-corrected chi connectivity index (χ1v) is 7.60. The first-order chi connectivity index (χ1) is 12.0. The minimum Gasteiger partial charge on any atom is -0.395 e. The van der Waals surface area contributed by atoms with Crippen molar-refractivity contribution in [1.82, 2.24) is 10.3 Å². The number of furan rings is 1. The van der Waals surface area contributed by atoms with E-state index in [4.69, 9.17) is 4.42 Å². The molecule has 1 aromatic carbocycles. The molecule has 7 nitrogen and oxygen atoms in total. The molecule has 0 aliphatic rings. The number of rotatable bonds is 5. The predicted octanol–water partition coefficient (Wildman–Crippen LogP) is 3.74. The summed E-state index contributed by atoms with van der Waals surface area (Å²) in [7, 11) is 0. The molecule has 3 rings (SSSR count). The highest BCUT2D eigenvalue weighted by Crippen LogP contribution is 2.22. The third-order valence-corrected chi connectivity index (χ3v) is 3.75. The molecule has 0 aliphatic heterocycles. The summed E-state index contributed by atoms with van der Waals surface area (Å²) in [5, 5.41) is 13.4. The van der Waals surface area contributed by atoms with Crippen LogP contribution in [-0.4, -0.2) is 15.8 Å². The number of nitrogens with one attached hydrogen (secondary N) is 1. The molecule has 126 valence electrons. The number of pyridine rings is 1. The fourth-order valence-corrected chi connectivity index (χ4v) is 2.40. The molecule has 0 radical (unpaired) electrons. The molecular formula is C18H15N3O4. The summed E-state index contributed by atoms with van der Waals surface area (Å²) in [6, 6.07) is 13.7. The molecule has 0 bridgehead atoms. The summed E-state index contributed by atoms with van der Waals surface area (Å²) < 4.78 is 4.90. The van der Waals surface area contributed by atoms with Crippen LogP contribution < -0.4 is 5.32 Å². The summed E-state index contributed by atoms with van der Waals surface area (Å²) in [6.07, 6.45) is 3.50. The van der Waals surface area contributed by atoms with E-state index in [0.717, 1.165) is 22.8 Å². The lowest BCUT2D eigenvalue weighted by Gasteiger charge is -2.14. The molecule has 1 unspecified atom stereocenters. The van der Waals surface area contributed by atoms with E-state index in [-0.39, 0.29) is 11.8 Å². The number of nitrogens with zero attached hydrogens (tertiary/aromatic N) is 2. The van der Waals surface area contributed by atoms with E-state index in [1.165, 1.54) is 6.07 Å². The zero-order valence-electron chi connectivity index (χ0n) is 13.4. The quantitative estimate of drug-likeness (QED) is 0.565. The van der Waals surface area contributed by atoms with Crippen LogP contribution in [-0.2, 0) is 0 Å². The van der Waals surface area contributed by atoms with Gasteiger partial charge in [-0.05, 0) is 35.7 Å². The van der Waals surface area contributed by atoms with Crippen molar-refractivity contribution in [2.75, 3.05) is 0 Å². The van der Waals surface area contributed by atoms with Gasteiger partial charge >= 0.3 is 5.88 Å². The Morgan fingerprint density at radius 1 is 1.16 bits per heavy atom. The van der Waals surface area contributed by atoms with Crippen LogP contribution in [0.4, 0.5) is 5.88 Å². The van der Waals surface area contributed by atoms with Gasteiger partial charge in [-0.25, -0.2) is 0 Å². The molecule has 0 fully saturated rings. The highest BCUT2D eigenvalue weighted by atomic mass is 16.6. The summed E-state index contributed by atoms with van der Waals surface area (Å²) in [6.45, 7) is 1.83. The number of carbonyl (C=O) groups excluding carboxylic acids is 1. The van der Waals surface area contributed by atoms with Gasteiger partial charge in [-0.1, -0.05) is 30.3 Å². The molecule has 1 amide bonds. The van der Waals surface area contributed by atoms with Crippen LogP contribution in [0.1, 0.15) is 29.1 Å². The first kappa shape index (κ1) is 16.4. The Morgan fingerprint density at radius 2 is 1.92 bits per heavy atom. The van der Waals surface area contributed by atoms with Crippen molar-refractivity contribution in [2.24, 2.45) is 0 Å². The summed E-state index contributed by atoms with van der Waals surface area (Å²) in [4.78, 5) is 26.1. The van der Waals surface area contributed by atoms with Crippen molar-refractivity contribution in [2.45, 2.75) is 13.0 Å². The summed E-state index contributed by atoms with van der Waals surface area (Å²) >= 11 is 0. The molecule has 0 saturated carbocycles. The Bertz CT molecular complexity index is 888. The molecule has 1 atom stereocenters. The minimum absolute atomic E-state index is 0.0921. The molecule has 2 heterocycles. The van der Waals surface area contributed by atoms with Gasteiger partial charge in [0.15, 0.2) is 5.76 Å². The van der Waals surface area contributed by atoms with Crippen molar-refractivity contribution < 1.29 is 14.1 Å². The van der Waals surface area contributed by atoms with E-state index in [0.29, 0.717) is 0 Å². The molecule has 0 saturated heterocycles. The van der Waals surface area contributed by atoms with Crippen molar-refractivity contribution in [3.63, 3.8) is 0 Å². The van der Waals surface area contributed by atoms with E-state index in [1.54, 1.807) is 12.4 Å². The van der Waals surface area contributed by atoms with Crippen molar-refractivity contribution in [3.05, 3.63) is 82.4 Å². The molecular weight excluding hydrogens is 322 g/mol. The Morgan fingerprint density at radius 3 is 2.52 bits per heavy atom. The number of hydrogen-bond donors (Lipinski definition) is 1. The van der Waals surface area contributed by atoms with Crippen LogP contribution in [0.25, 0.3) is 11.1 Å². The van der Waals surface area contributed by atoms with Gasteiger partial charge in [0.25, 0.3) is 5.91 Å². The number of hydrogen-bond acceptors (Lipinski definition) is 5. The van der Waals surface area contributed by atoms with Crippen molar-refractivity contribution >= 4 is 11.8 Å². The van der Waals surface area contributed by atoms with Crippen LogP contribution in [0.15, 0.2) is 65.3 Å². The van der Waals surface area contributed by atoms with Crippen molar-refractivity contribution in [1.29, 1.82) is 0 Å². The van der Waals surface area contributed by atoms with Gasteiger partial charge in [-0.3, -0.25) is 19.9 Å². The number of benzene rings is 1. The van der Waals surface area contributed by atoms with Gasteiger partial charge in [0, 0.05) is 12.4 Å². The predicted molar refractivity (Wildman–Crippen MR) is 90.9 cm³/mol. The topological polar surface area (TPSA) is 98.3 Å². The van der Waals surface area contributed by atoms with Gasteiger partial charge in [-0.15, -0.1) is 0 Å². The fourth-order valence-electron chi connectivity index (χ4n) is 2.40. The molecule has 0 spiro atoms.